The fraction of sp³-hybridized carbons (Fsp3) is 0.643. The lowest BCUT2D eigenvalue weighted by atomic mass is 10.1. The lowest BCUT2D eigenvalue weighted by Crippen LogP contribution is -2.43. The van der Waals surface area contributed by atoms with Gasteiger partial charge in [0.15, 0.2) is 0 Å². The molecule has 1 aromatic rings. The van der Waals surface area contributed by atoms with Crippen molar-refractivity contribution in [3.63, 3.8) is 0 Å². The number of piperidine rings is 1. The minimum atomic E-state index is 0.223. The number of nitrogens with zero attached hydrogens (tertiary/aromatic N) is 2. The van der Waals surface area contributed by atoms with E-state index in [4.69, 9.17) is 5.11 Å². The SMILES string of the molecule is CC(CNCc1ccc(O)cn1)N1CCCCC1. The Hall–Kier alpha value is -1.13. The number of pyridine rings is 1. The molecule has 0 radical (unpaired) electrons. The average Bonchev–Trinajstić information content (AvgIpc) is 2.42. The van der Waals surface area contributed by atoms with Gasteiger partial charge >= 0.3 is 0 Å². The fourth-order valence-corrected chi connectivity index (χ4v) is 2.42. The number of aromatic nitrogens is 1. The van der Waals surface area contributed by atoms with E-state index in [2.05, 4.69) is 22.1 Å². The Morgan fingerprint density at radius 2 is 2.11 bits per heavy atom. The number of likely N-dealkylation sites (tertiary alicyclic amines) is 1. The van der Waals surface area contributed by atoms with Gasteiger partial charge in [-0.2, -0.15) is 0 Å². The third-order valence-corrected chi connectivity index (χ3v) is 3.57. The topological polar surface area (TPSA) is 48.4 Å². The molecule has 0 saturated carbocycles. The number of hydrogen-bond acceptors (Lipinski definition) is 4. The van der Waals surface area contributed by atoms with Crippen molar-refractivity contribution in [1.29, 1.82) is 0 Å². The van der Waals surface area contributed by atoms with Gasteiger partial charge in [-0.15, -0.1) is 0 Å². The van der Waals surface area contributed by atoms with Gasteiger partial charge in [-0.05, 0) is 45.0 Å². The molecule has 0 amide bonds. The third-order valence-electron chi connectivity index (χ3n) is 3.57. The first kappa shape index (κ1) is 13.3. The van der Waals surface area contributed by atoms with E-state index < -0.39 is 0 Å². The van der Waals surface area contributed by atoms with Crippen LogP contribution in [0.4, 0.5) is 0 Å². The van der Waals surface area contributed by atoms with E-state index >= 15 is 0 Å². The van der Waals surface area contributed by atoms with Crippen LogP contribution in [0, 0.1) is 0 Å². The maximum absolute atomic E-state index is 9.15. The summed E-state index contributed by atoms with van der Waals surface area (Å²) < 4.78 is 0. The Kier molecular flexibility index (Phi) is 4.96. The van der Waals surface area contributed by atoms with Gasteiger partial charge in [0.05, 0.1) is 11.9 Å². The fourth-order valence-electron chi connectivity index (χ4n) is 2.42. The second-order valence-electron chi connectivity index (χ2n) is 5.08. The molecule has 0 spiro atoms. The zero-order valence-electron chi connectivity index (χ0n) is 11.1. The number of aromatic hydroxyl groups is 1. The van der Waals surface area contributed by atoms with Gasteiger partial charge in [-0.3, -0.25) is 9.88 Å². The van der Waals surface area contributed by atoms with E-state index in [9.17, 15) is 0 Å². The molecule has 1 fully saturated rings. The summed E-state index contributed by atoms with van der Waals surface area (Å²) in [6, 6.07) is 4.12. The summed E-state index contributed by atoms with van der Waals surface area (Å²) in [5.41, 5.74) is 0.971. The van der Waals surface area contributed by atoms with E-state index in [1.807, 2.05) is 6.07 Å². The van der Waals surface area contributed by atoms with Gasteiger partial charge < -0.3 is 10.4 Å². The minimum absolute atomic E-state index is 0.223. The van der Waals surface area contributed by atoms with E-state index in [1.165, 1.54) is 38.5 Å². The van der Waals surface area contributed by atoms with Crippen molar-refractivity contribution in [2.45, 2.75) is 38.8 Å². The Morgan fingerprint density at radius 3 is 2.78 bits per heavy atom. The van der Waals surface area contributed by atoms with Crippen molar-refractivity contribution in [2.75, 3.05) is 19.6 Å². The van der Waals surface area contributed by atoms with Crippen LogP contribution in [0.25, 0.3) is 0 Å². The molecule has 4 nitrogen and oxygen atoms in total. The molecule has 2 heterocycles. The second-order valence-corrected chi connectivity index (χ2v) is 5.08. The predicted molar refractivity (Wildman–Crippen MR) is 72.5 cm³/mol. The average molecular weight is 249 g/mol. The van der Waals surface area contributed by atoms with Crippen LogP contribution in [0.2, 0.25) is 0 Å². The van der Waals surface area contributed by atoms with Crippen LogP contribution in [0.5, 0.6) is 5.75 Å². The van der Waals surface area contributed by atoms with Gasteiger partial charge in [-0.1, -0.05) is 6.42 Å². The molecule has 1 aromatic heterocycles. The summed E-state index contributed by atoms with van der Waals surface area (Å²) in [6.07, 6.45) is 5.55. The zero-order valence-corrected chi connectivity index (χ0v) is 11.1. The summed E-state index contributed by atoms with van der Waals surface area (Å²) in [5.74, 6) is 0.223. The summed E-state index contributed by atoms with van der Waals surface area (Å²) in [4.78, 5) is 6.72. The molecule has 1 aliphatic heterocycles. The van der Waals surface area contributed by atoms with E-state index in [1.54, 1.807) is 6.07 Å². The van der Waals surface area contributed by atoms with Crippen LogP contribution >= 0.6 is 0 Å². The van der Waals surface area contributed by atoms with Gasteiger partial charge in [0, 0.05) is 19.1 Å². The molecule has 2 rings (SSSR count). The van der Waals surface area contributed by atoms with Crippen molar-refractivity contribution >= 4 is 0 Å². The molecule has 1 unspecified atom stereocenters. The molecule has 100 valence electrons. The molecule has 1 saturated heterocycles. The van der Waals surface area contributed by atoms with Crippen LogP contribution in [-0.4, -0.2) is 40.7 Å². The first-order valence-electron chi connectivity index (χ1n) is 6.84. The predicted octanol–water partition coefficient (Wildman–Crippen LogP) is 1.75. The van der Waals surface area contributed by atoms with Crippen LogP contribution < -0.4 is 5.32 Å². The van der Waals surface area contributed by atoms with Gasteiger partial charge in [0.1, 0.15) is 5.75 Å². The highest BCUT2D eigenvalue weighted by molar-refractivity contribution is 5.17. The maximum atomic E-state index is 9.15. The van der Waals surface area contributed by atoms with Crippen molar-refractivity contribution in [2.24, 2.45) is 0 Å². The Labute approximate surface area is 109 Å². The Morgan fingerprint density at radius 1 is 1.33 bits per heavy atom. The second kappa shape index (κ2) is 6.71. The van der Waals surface area contributed by atoms with Gasteiger partial charge in [-0.25, -0.2) is 0 Å². The Bertz CT molecular complexity index is 347. The normalized spacial score (nSPS) is 18.7. The molecule has 2 N–H and O–H groups in total. The van der Waals surface area contributed by atoms with Crippen molar-refractivity contribution in [1.82, 2.24) is 15.2 Å². The highest BCUT2D eigenvalue weighted by atomic mass is 16.3. The molecular weight excluding hydrogens is 226 g/mol. The summed E-state index contributed by atoms with van der Waals surface area (Å²) in [7, 11) is 0. The largest absolute Gasteiger partial charge is 0.506 e. The lowest BCUT2D eigenvalue weighted by Gasteiger charge is -2.32. The molecule has 0 aliphatic carbocycles. The van der Waals surface area contributed by atoms with Crippen LogP contribution in [0.1, 0.15) is 31.9 Å². The van der Waals surface area contributed by atoms with Crippen molar-refractivity contribution < 1.29 is 5.11 Å². The molecule has 1 aliphatic rings. The zero-order chi connectivity index (χ0) is 12.8. The van der Waals surface area contributed by atoms with Crippen molar-refractivity contribution in [3.8, 4) is 5.75 Å². The van der Waals surface area contributed by atoms with E-state index in [0.29, 0.717) is 6.04 Å². The van der Waals surface area contributed by atoms with Crippen molar-refractivity contribution in [3.05, 3.63) is 24.0 Å². The molecule has 0 bridgehead atoms. The van der Waals surface area contributed by atoms with E-state index in [-0.39, 0.29) is 5.75 Å². The highest BCUT2D eigenvalue weighted by Gasteiger charge is 2.15. The number of nitrogens with one attached hydrogen (secondary N) is 1. The van der Waals surface area contributed by atoms with Crippen LogP contribution in [-0.2, 0) is 6.54 Å². The van der Waals surface area contributed by atoms with Gasteiger partial charge in [0.2, 0.25) is 0 Å². The standard InChI is InChI=1S/C14H23N3O/c1-12(17-7-3-2-4-8-17)9-15-10-13-5-6-14(18)11-16-13/h5-6,11-12,15,18H,2-4,7-10H2,1H3. The van der Waals surface area contributed by atoms with E-state index in [0.717, 1.165) is 18.8 Å². The summed E-state index contributed by atoms with van der Waals surface area (Å²) >= 11 is 0. The third kappa shape index (κ3) is 3.96. The van der Waals surface area contributed by atoms with Crippen LogP contribution in [0.3, 0.4) is 0 Å². The lowest BCUT2D eigenvalue weighted by molar-refractivity contribution is 0.170. The summed E-state index contributed by atoms with van der Waals surface area (Å²) in [6.45, 7) is 6.50. The number of hydrogen-bond donors (Lipinski definition) is 2. The smallest absolute Gasteiger partial charge is 0.133 e. The number of rotatable bonds is 5. The van der Waals surface area contributed by atoms with Crippen LogP contribution in [0.15, 0.2) is 18.3 Å². The minimum Gasteiger partial charge on any atom is -0.506 e. The molecule has 4 heteroatoms. The molecule has 18 heavy (non-hydrogen) atoms. The first-order chi connectivity index (χ1) is 8.75. The monoisotopic (exact) mass is 249 g/mol. The Balaban J connectivity index is 1.69. The highest BCUT2D eigenvalue weighted by Crippen LogP contribution is 2.11. The molecule has 0 aromatic carbocycles. The molecule has 1 atom stereocenters. The van der Waals surface area contributed by atoms with Gasteiger partial charge in [0.25, 0.3) is 0 Å². The maximum Gasteiger partial charge on any atom is 0.133 e. The summed E-state index contributed by atoms with van der Waals surface area (Å²) in [5, 5.41) is 12.6. The first-order valence-corrected chi connectivity index (χ1v) is 6.84. The quantitative estimate of drug-likeness (QED) is 0.834. The molecular formula is C14H23N3O.